The van der Waals surface area contributed by atoms with Gasteiger partial charge in [0.2, 0.25) is 0 Å². The van der Waals surface area contributed by atoms with Crippen molar-refractivity contribution >= 4 is 38.9 Å². The molecular weight excluding hydrogens is 325 g/mol. The van der Waals surface area contributed by atoms with E-state index in [1.165, 1.54) is 17.4 Å². The molecule has 1 aromatic carbocycles. The Morgan fingerprint density at radius 1 is 1.47 bits per heavy atom. The van der Waals surface area contributed by atoms with Crippen molar-refractivity contribution in [2.24, 2.45) is 5.73 Å². The fourth-order valence-electron chi connectivity index (χ4n) is 1.62. The maximum absolute atomic E-state index is 13.8. The van der Waals surface area contributed by atoms with Crippen molar-refractivity contribution in [1.82, 2.24) is 0 Å². The molecule has 1 unspecified atom stereocenters. The van der Waals surface area contributed by atoms with Crippen molar-refractivity contribution in [2.45, 2.75) is 13.0 Å². The van der Waals surface area contributed by atoms with E-state index in [1.54, 1.807) is 6.07 Å². The van der Waals surface area contributed by atoms with Crippen LogP contribution >= 0.6 is 38.9 Å². The number of aryl methyl sites for hydroxylation is 1. The summed E-state index contributed by atoms with van der Waals surface area (Å²) in [5.74, 6) is -0.346. The van der Waals surface area contributed by atoms with Gasteiger partial charge in [-0.2, -0.15) is 0 Å². The molecule has 0 aliphatic heterocycles. The second-order valence-electron chi connectivity index (χ2n) is 3.73. The van der Waals surface area contributed by atoms with Crippen LogP contribution in [0.1, 0.15) is 22.0 Å². The molecule has 1 aromatic heterocycles. The van der Waals surface area contributed by atoms with Crippen LogP contribution in [0.25, 0.3) is 0 Å². The average Bonchev–Trinajstić information content (AvgIpc) is 2.69. The van der Waals surface area contributed by atoms with Crippen LogP contribution in [0.4, 0.5) is 4.39 Å². The first-order valence-corrected chi connectivity index (χ1v) is 6.99. The summed E-state index contributed by atoms with van der Waals surface area (Å²) >= 11 is 10.7. The molecule has 0 aliphatic carbocycles. The van der Waals surface area contributed by atoms with Gasteiger partial charge in [-0.25, -0.2) is 4.39 Å². The van der Waals surface area contributed by atoms with Crippen molar-refractivity contribution in [1.29, 1.82) is 0 Å². The third-order valence-electron chi connectivity index (χ3n) is 2.56. The number of hydrogen-bond acceptors (Lipinski definition) is 2. The lowest BCUT2D eigenvalue weighted by Gasteiger charge is -2.13. The molecule has 1 heterocycles. The van der Waals surface area contributed by atoms with Crippen LogP contribution in [-0.2, 0) is 0 Å². The summed E-state index contributed by atoms with van der Waals surface area (Å²) in [7, 11) is 0. The highest BCUT2D eigenvalue weighted by Crippen LogP contribution is 2.33. The van der Waals surface area contributed by atoms with E-state index in [2.05, 4.69) is 15.9 Å². The molecule has 0 saturated heterocycles. The van der Waals surface area contributed by atoms with Gasteiger partial charge in [-0.1, -0.05) is 11.6 Å². The molecule has 0 radical (unpaired) electrons. The summed E-state index contributed by atoms with van der Waals surface area (Å²) in [6, 6.07) is 4.42. The van der Waals surface area contributed by atoms with E-state index in [0.717, 1.165) is 10.4 Å². The SMILES string of the molecule is Cc1ccsc1C(N)c1cc(Cl)c(Br)cc1F. The van der Waals surface area contributed by atoms with Crippen molar-refractivity contribution in [2.75, 3.05) is 0 Å². The number of hydrogen-bond donors (Lipinski definition) is 1. The van der Waals surface area contributed by atoms with Gasteiger partial charge >= 0.3 is 0 Å². The van der Waals surface area contributed by atoms with Gasteiger partial charge in [-0.05, 0) is 52.0 Å². The molecule has 0 bridgehead atoms. The zero-order valence-electron chi connectivity index (χ0n) is 9.01. The standard InChI is InChI=1S/C12H10BrClFNS/c1-6-2-3-17-12(6)11(16)7-4-9(14)8(13)5-10(7)15/h2-5,11H,16H2,1H3. The molecule has 0 fully saturated rings. The summed E-state index contributed by atoms with van der Waals surface area (Å²) in [5, 5.41) is 2.41. The van der Waals surface area contributed by atoms with Crippen LogP contribution < -0.4 is 5.73 Å². The Bertz CT molecular complexity index is 555. The molecule has 0 spiro atoms. The van der Waals surface area contributed by atoms with Crippen LogP contribution in [0, 0.1) is 12.7 Å². The predicted molar refractivity (Wildman–Crippen MR) is 74.2 cm³/mol. The summed E-state index contributed by atoms with van der Waals surface area (Å²) < 4.78 is 14.4. The maximum atomic E-state index is 13.8. The smallest absolute Gasteiger partial charge is 0.129 e. The Hall–Kier alpha value is -0.420. The minimum atomic E-state index is -0.472. The van der Waals surface area contributed by atoms with E-state index in [4.69, 9.17) is 17.3 Å². The molecule has 0 aliphatic rings. The molecule has 90 valence electrons. The molecule has 1 nitrogen and oxygen atoms in total. The van der Waals surface area contributed by atoms with Gasteiger partial charge in [0, 0.05) is 14.9 Å². The van der Waals surface area contributed by atoms with Crippen LogP contribution in [0.5, 0.6) is 0 Å². The summed E-state index contributed by atoms with van der Waals surface area (Å²) in [6.07, 6.45) is 0. The molecule has 0 saturated carbocycles. The first kappa shape index (κ1) is 13.0. The van der Waals surface area contributed by atoms with Gasteiger partial charge in [-0.3, -0.25) is 0 Å². The highest BCUT2D eigenvalue weighted by atomic mass is 79.9. The first-order chi connectivity index (χ1) is 8.00. The second-order valence-corrected chi connectivity index (χ2v) is 5.94. The fourth-order valence-corrected chi connectivity index (χ4v) is 3.05. The lowest BCUT2D eigenvalue weighted by Crippen LogP contribution is -2.13. The predicted octanol–water partition coefficient (Wildman–Crippen LogP) is 4.66. The Morgan fingerprint density at radius 3 is 2.76 bits per heavy atom. The summed E-state index contributed by atoms with van der Waals surface area (Å²) in [6.45, 7) is 1.96. The molecule has 1 atom stereocenters. The van der Waals surface area contributed by atoms with Gasteiger partial charge in [0.15, 0.2) is 0 Å². The van der Waals surface area contributed by atoms with E-state index in [0.29, 0.717) is 15.1 Å². The monoisotopic (exact) mass is 333 g/mol. The Labute approximate surface area is 117 Å². The minimum absolute atomic E-state index is 0.346. The lowest BCUT2D eigenvalue weighted by molar-refractivity contribution is 0.600. The van der Waals surface area contributed by atoms with Crippen molar-refractivity contribution < 1.29 is 4.39 Å². The molecule has 5 heteroatoms. The van der Waals surface area contributed by atoms with E-state index in [9.17, 15) is 4.39 Å². The molecular formula is C12H10BrClFNS. The van der Waals surface area contributed by atoms with E-state index >= 15 is 0 Å². The van der Waals surface area contributed by atoms with Crippen LogP contribution in [0.2, 0.25) is 5.02 Å². The molecule has 0 amide bonds. The third kappa shape index (κ3) is 2.55. The maximum Gasteiger partial charge on any atom is 0.129 e. The van der Waals surface area contributed by atoms with Gasteiger partial charge in [-0.15, -0.1) is 11.3 Å². The van der Waals surface area contributed by atoms with Crippen LogP contribution in [-0.4, -0.2) is 0 Å². The van der Waals surface area contributed by atoms with Crippen LogP contribution in [0.3, 0.4) is 0 Å². The second kappa shape index (κ2) is 5.06. The third-order valence-corrected chi connectivity index (χ3v) is 4.86. The normalized spacial score (nSPS) is 12.8. The summed E-state index contributed by atoms with van der Waals surface area (Å²) in [4.78, 5) is 0.960. The van der Waals surface area contributed by atoms with Gasteiger partial charge < -0.3 is 5.73 Å². The Balaban J connectivity index is 2.48. The minimum Gasteiger partial charge on any atom is -0.320 e. The van der Waals surface area contributed by atoms with Crippen molar-refractivity contribution in [3.63, 3.8) is 0 Å². The van der Waals surface area contributed by atoms with E-state index in [1.807, 2.05) is 18.4 Å². The Morgan fingerprint density at radius 2 is 2.18 bits per heavy atom. The Kier molecular flexibility index (Phi) is 3.88. The number of thiophene rings is 1. The van der Waals surface area contributed by atoms with Crippen molar-refractivity contribution in [3.05, 3.63) is 54.9 Å². The molecule has 2 aromatic rings. The van der Waals surface area contributed by atoms with Crippen molar-refractivity contribution in [3.8, 4) is 0 Å². The largest absolute Gasteiger partial charge is 0.320 e. The van der Waals surface area contributed by atoms with Gasteiger partial charge in [0.1, 0.15) is 5.82 Å². The van der Waals surface area contributed by atoms with Gasteiger partial charge in [0.05, 0.1) is 11.1 Å². The van der Waals surface area contributed by atoms with E-state index < -0.39 is 6.04 Å². The number of rotatable bonds is 2. The molecule has 2 rings (SSSR count). The quantitative estimate of drug-likeness (QED) is 0.794. The number of nitrogens with two attached hydrogens (primary N) is 1. The highest BCUT2D eigenvalue weighted by molar-refractivity contribution is 9.10. The summed E-state index contributed by atoms with van der Waals surface area (Å²) in [5.41, 5.74) is 7.57. The zero-order valence-corrected chi connectivity index (χ0v) is 12.2. The topological polar surface area (TPSA) is 26.0 Å². The number of halogens is 3. The molecule has 17 heavy (non-hydrogen) atoms. The zero-order chi connectivity index (χ0) is 12.6. The lowest BCUT2D eigenvalue weighted by atomic mass is 10.0. The first-order valence-electron chi connectivity index (χ1n) is 4.94. The molecule has 2 N–H and O–H groups in total. The van der Waals surface area contributed by atoms with Gasteiger partial charge in [0.25, 0.3) is 0 Å². The van der Waals surface area contributed by atoms with E-state index in [-0.39, 0.29) is 5.82 Å². The van der Waals surface area contributed by atoms with Crippen LogP contribution in [0.15, 0.2) is 28.1 Å². The number of benzene rings is 1. The fraction of sp³-hybridized carbons (Fsp3) is 0.167. The highest BCUT2D eigenvalue weighted by Gasteiger charge is 2.18. The average molecular weight is 335 g/mol.